The third kappa shape index (κ3) is 5.10. The fourth-order valence-corrected chi connectivity index (χ4v) is 3.19. The number of hydrogen-bond donors (Lipinski definition) is 1. The van der Waals surface area contributed by atoms with Crippen molar-refractivity contribution < 1.29 is 4.79 Å². The Morgan fingerprint density at radius 1 is 1.33 bits per heavy atom. The number of likely N-dealkylation sites (tertiary alicyclic amines) is 1. The van der Waals surface area contributed by atoms with Gasteiger partial charge in [0.1, 0.15) is 17.5 Å². The van der Waals surface area contributed by atoms with Crippen LogP contribution in [-0.4, -0.2) is 57.8 Å². The highest BCUT2D eigenvalue weighted by Crippen LogP contribution is 2.32. The lowest BCUT2D eigenvalue weighted by Gasteiger charge is -2.23. The van der Waals surface area contributed by atoms with E-state index in [4.69, 9.17) is 0 Å². The lowest BCUT2D eigenvalue weighted by atomic mass is 10.1. The van der Waals surface area contributed by atoms with Gasteiger partial charge in [0.05, 0.1) is 11.7 Å². The molecule has 7 heteroatoms. The van der Waals surface area contributed by atoms with Crippen molar-refractivity contribution in [3.05, 3.63) is 54.1 Å². The van der Waals surface area contributed by atoms with Crippen molar-refractivity contribution in [3.8, 4) is 0 Å². The fraction of sp³-hybridized carbons (Fsp3) is 0.400. The van der Waals surface area contributed by atoms with Gasteiger partial charge in [-0.2, -0.15) is 0 Å². The highest BCUT2D eigenvalue weighted by molar-refractivity contribution is 5.88. The largest absolute Gasteiger partial charge is 0.331 e. The molecule has 1 N–H and O–H groups in total. The molecule has 0 bridgehead atoms. The van der Waals surface area contributed by atoms with Gasteiger partial charge in [-0.25, -0.2) is 15.0 Å². The summed E-state index contributed by atoms with van der Waals surface area (Å²) >= 11 is 0. The number of carbonyl (C=O) groups excluding carboxylic acids is 1. The molecule has 3 heterocycles. The summed E-state index contributed by atoms with van der Waals surface area (Å²) in [5.41, 5.74) is 0.868. The number of aromatic nitrogens is 3. The van der Waals surface area contributed by atoms with Crippen molar-refractivity contribution >= 4 is 17.5 Å². The summed E-state index contributed by atoms with van der Waals surface area (Å²) < 4.78 is 0. The molecule has 1 atom stereocenters. The van der Waals surface area contributed by atoms with Crippen LogP contribution in [0, 0.1) is 6.92 Å². The lowest BCUT2D eigenvalue weighted by Crippen LogP contribution is -2.30. The van der Waals surface area contributed by atoms with Gasteiger partial charge in [0.25, 0.3) is 0 Å². The maximum Gasteiger partial charge on any atom is 0.246 e. The minimum atomic E-state index is -0.0208. The van der Waals surface area contributed by atoms with E-state index in [2.05, 4.69) is 20.3 Å². The van der Waals surface area contributed by atoms with E-state index in [1.54, 1.807) is 12.3 Å². The van der Waals surface area contributed by atoms with Crippen LogP contribution in [0.1, 0.15) is 30.4 Å². The molecule has 27 heavy (non-hydrogen) atoms. The normalized spacial score (nSPS) is 17.0. The predicted molar refractivity (Wildman–Crippen MR) is 106 cm³/mol. The van der Waals surface area contributed by atoms with Crippen LogP contribution in [-0.2, 0) is 4.79 Å². The van der Waals surface area contributed by atoms with Crippen molar-refractivity contribution in [3.63, 3.8) is 0 Å². The summed E-state index contributed by atoms with van der Waals surface area (Å²) in [4.78, 5) is 29.9. The number of rotatable bonds is 6. The molecule has 1 amide bonds. The van der Waals surface area contributed by atoms with Crippen LogP contribution in [0.15, 0.2) is 42.6 Å². The number of nitrogens with one attached hydrogen (secondary N) is 1. The molecule has 2 aromatic rings. The van der Waals surface area contributed by atoms with Crippen LogP contribution in [0.4, 0.5) is 11.6 Å². The van der Waals surface area contributed by atoms with E-state index in [-0.39, 0.29) is 11.9 Å². The van der Waals surface area contributed by atoms with Gasteiger partial charge in [-0.3, -0.25) is 4.79 Å². The van der Waals surface area contributed by atoms with E-state index in [0.717, 1.165) is 37.4 Å². The van der Waals surface area contributed by atoms with E-state index >= 15 is 0 Å². The Kier molecular flexibility index (Phi) is 6.13. The summed E-state index contributed by atoms with van der Waals surface area (Å²) in [6.45, 7) is 3.36. The molecule has 1 aliphatic heterocycles. The minimum Gasteiger partial charge on any atom is -0.331 e. The summed E-state index contributed by atoms with van der Waals surface area (Å²) in [7, 11) is 3.96. The van der Waals surface area contributed by atoms with Crippen LogP contribution in [0.3, 0.4) is 0 Å². The van der Waals surface area contributed by atoms with E-state index < -0.39 is 0 Å². The van der Waals surface area contributed by atoms with Crippen LogP contribution in [0.25, 0.3) is 0 Å². The summed E-state index contributed by atoms with van der Waals surface area (Å²) in [5, 5.41) is 3.21. The average molecular weight is 366 g/mol. The fourth-order valence-electron chi connectivity index (χ4n) is 3.19. The zero-order valence-corrected chi connectivity index (χ0v) is 16.1. The van der Waals surface area contributed by atoms with E-state index in [1.165, 1.54) is 0 Å². The number of carbonyl (C=O) groups is 1. The van der Waals surface area contributed by atoms with Crippen molar-refractivity contribution in [2.75, 3.05) is 32.5 Å². The van der Waals surface area contributed by atoms with Gasteiger partial charge in [-0.05, 0) is 46.0 Å². The van der Waals surface area contributed by atoms with E-state index in [0.29, 0.717) is 11.6 Å². The highest BCUT2D eigenvalue weighted by Gasteiger charge is 2.30. The van der Waals surface area contributed by atoms with Crippen molar-refractivity contribution in [2.45, 2.75) is 25.8 Å². The molecule has 1 fully saturated rings. The number of anilines is 2. The average Bonchev–Trinajstić information content (AvgIpc) is 3.11. The molecular formula is C20H26N6O. The zero-order valence-electron chi connectivity index (χ0n) is 16.1. The molecule has 0 saturated carbocycles. The third-order valence-electron chi connectivity index (χ3n) is 4.39. The van der Waals surface area contributed by atoms with Gasteiger partial charge in [-0.1, -0.05) is 12.1 Å². The molecule has 2 aromatic heterocycles. The predicted octanol–water partition coefficient (Wildman–Crippen LogP) is 2.70. The summed E-state index contributed by atoms with van der Waals surface area (Å²) in [5.74, 6) is 2.13. The van der Waals surface area contributed by atoms with Gasteiger partial charge in [0, 0.05) is 31.4 Å². The SMILES string of the molecule is Cc1nc(Nc2ccccn2)cc([C@@H]2CCCN2C(=O)/C=C/CN(C)C)n1. The van der Waals surface area contributed by atoms with E-state index in [9.17, 15) is 4.79 Å². The topological polar surface area (TPSA) is 74.2 Å². The van der Waals surface area contributed by atoms with Gasteiger partial charge in [-0.15, -0.1) is 0 Å². The number of likely N-dealkylation sites (N-methyl/N-ethyl adjacent to an activating group) is 1. The van der Waals surface area contributed by atoms with Gasteiger partial charge < -0.3 is 15.1 Å². The second-order valence-corrected chi connectivity index (χ2v) is 6.92. The molecule has 7 nitrogen and oxygen atoms in total. The number of hydrogen-bond acceptors (Lipinski definition) is 6. The Morgan fingerprint density at radius 3 is 2.93 bits per heavy atom. The third-order valence-corrected chi connectivity index (χ3v) is 4.39. The highest BCUT2D eigenvalue weighted by atomic mass is 16.2. The van der Waals surface area contributed by atoms with Crippen LogP contribution < -0.4 is 5.32 Å². The number of nitrogens with zero attached hydrogens (tertiary/aromatic N) is 5. The van der Waals surface area contributed by atoms with Crippen molar-refractivity contribution in [1.82, 2.24) is 24.8 Å². The molecule has 0 unspecified atom stereocenters. The Morgan fingerprint density at radius 2 is 2.19 bits per heavy atom. The first-order valence-corrected chi connectivity index (χ1v) is 9.18. The first-order valence-electron chi connectivity index (χ1n) is 9.18. The molecular weight excluding hydrogens is 340 g/mol. The Labute approximate surface area is 160 Å². The molecule has 142 valence electrons. The number of amides is 1. The maximum atomic E-state index is 12.6. The van der Waals surface area contributed by atoms with E-state index in [1.807, 2.05) is 61.2 Å². The summed E-state index contributed by atoms with van der Waals surface area (Å²) in [6, 6.07) is 7.57. The lowest BCUT2D eigenvalue weighted by molar-refractivity contribution is -0.127. The molecule has 0 aromatic carbocycles. The molecule has 1 aliphatic rings. The maximum absolute atomic E-state index is 12.6. The Hall–Kier alpha value is -2.80. The van der Waals surface area contributed by atoms with Crippen LogP contribution >= 0.6 is 0 Å². The molecule has 3 rings (SSSR count). The van der Waals surface area contributed by atoms with Crippen molar-refractivity contribution in [2.24, 2.45) is 0 Å². The smallest absolute Gasteiger partial charge is 0.246 e. The quantitative estimate of drug-likeness (QED) is 0.793. The van der Waals surface area contributed by atoms with Gasteiger partial charge in [0.2, 0.25) is 5.91 Å². The molecule has 0 radical (unpaired) electrons. The first kappa shape index (κ1) is 19.0. The second kappa shape index (κ2) is 8.73. The van der Waals surface area contributed by atoms with Crippen molar-refractivity contribution in [1.29, 1.82) is 0 Å². The molecule has 0 spiro atoms. The zero-order chi connectivity index (χ0) is 19.2. The van der Waals surface area contributed by atoms with Crippen LogP contribution in [0.2, 0.25) is 0 Å². The second-order valence-electron chi connectivity index (χ2n) is 6.92. The number of aryl methyl sites for hydroxylation is 1. The van der Waals surface area contributed by atoms with Crippen LogP contribution in [0.5, 0.6) is 0 Å². The Balaban J connectivity index is 1.78. The van der Waals surface area contributed by atoms with Gasteiger partial charge >= 0.3 is 0 Å². The monoisotopic (exact) mass is 366 g/mol. The molecule has 0 aliphatic carbocycles. The molecule has 1 saturated heterocycles. The standard InChI is InChI=1S/C20H26N6O/c1-15-22-16(14-19(23-15)24-18-9-4-5-11-21-18)17-8-6-13-26(17)20(27)10-7-12-25(2)3/h4-5,7,9-11,14,17H,6,8,12-13H2,1-3H3,(H,21,22,23,24)/b10-7+/t17-/m0/s1. The summed E-state index contributed by atoms with van der Waals surface area (Å²) in [6.07, 6.45) is 7.18. The Bertz CT molecular complexity index is 805. The van der Waals surface area contributed by atoms with Gasteiger partial charge in [0.15, 0.2) is 0 Å². The first-order chi connectivity index (χ1) is 13.0. The number of pyridine rings is 1. The minimum absolute atomic E-state index is 0.0208.